The van der Waals surface area contributed by atoms with Gasteiger partial charge in [-0.05, 0) is 34.6 Å². The third-order valence-electron chi connectivity index (χ3n) is 7.63. The maximum Gasteiger partial charge on any atom is 0.164 e. The van der Waals surface area contributed by atoms with Crippen LogP contribution >= 0.6 is 0 Å². The van der Waals surface area contributed by atoms with Crippen molar-refractivity contribution >= 4 is 53.4 Å². The normalized spacial score (nSPS) is 20.4. The summed E-state index contributed by atoms with van der Waals surface area (Å²) in [4.78, 5) is 32.4. The molecule has 3 aromatic rings. The molecule has 0 saturated carbocycles. The fraction of sp³-hybridized carbons (Fsp3) is 0.162. The minimum Gasteiger partial charge on any atom is -0.346 e. The lowest BCUT2D eigenvalue weighted by molar-refractivity contribution is 0.911. The number of nitrogens with one attached hydrogen (secondary N) is 3. The number of hydrogen-bond acceptors (Lipinski definition) is 6. The van der Waals surface area contributed by atoms with Crippen molar-refractivity contribution in [3.63, 3.8) is 0 Å². The summed E-state index contributed by atoms with van der Waals surface area (Å²) >= 11 is 0. The standard InChI is InChI=1S/C37H36N8/c1-7-15-23-22(12-6)30-38-31(23)40-36-28-20-13-14-21-29(28)37(45-36)44-35-27(19-11-5)26(18-10-4)34(43-35)42-33-25(17-9-3)24(16-8-2)32(39-30)41-33/h7-21,33,42-43H,6H2,1-5H3,(H,38,39,40,41,44,45)/b15-7-,16-8-,17-9-,18-10-,19-11-. The average Bonchev–Trinajstić information content (AvgIpc) is 3.74. The maximum absolute atomic E-state index is 5.12. The number of allylic oxidation sites excluding steroid dienone is 5. The lowest BCUT2D eigenvalue weighted by Crippen LogP contribution is -2.18. The Morgan fingerprint density at radius 2 is 1.22 bits per heavy atom. The fourth-order valence-electron chi connectivity index (χ4n) is 5.77. The van der Waals surface area contributed by atoms with Gasteiger partial charge in [-0.15, -0.1) is 0 Å². The predicted octanol–water partition coefficient (Wildman–Crippen LogP) is 7.48. The SMILES string of the molecule is C=Cc1c(/C=C\C)/c2[nH]/c1=N\C1=NC(Nc3[nH]c(c(/C=C\C)c3/C=C\C)/N=C3N=C(/N=2)c2ccccc2\3)C(/C=C\C)=C1/C=C\C. The number of nitrogens with zero attached hydrogens (tertiary/aromatic N) is 5. The molecular weight excluding hydrogens is 556 g/mol. The molecule has 8 nitrogen and oxygen atoms in total. The molecule has 0 aliphatic carbocycles. The van der Waals surface area contributed by atoms with Crippen molar-refractivity contribution in [3.8, 4) is 0 Å². The van der Waals surface area contributed by atoms with Crippen molar-refractivity contribution in [2.75, 3.05) is 5.32 Å². The molecule has 3 aliphatic heterocycles. The number of benzene rings is 1. The van der Waals surface area contributed by atoms with Crippen molar-refractivity contribution in [3.05, 3.63) is 129 Å². The highest BCUT2D eigenvalue weighted by molar-refractivity contribution is 6.23. The van der Waals surface area contributed by atoms with Crippen LogP contribution in [0.25, 0.3) is 24.3 Å². The maximum atomic E-state index is 5.12. The topological polar surface area (TPSA) is 105 Å². The molecule has 0 spiro atoms. The van der Waals surface area contributed by atoms with Crippen LogP contribution in [0.2, 0.25) is 0 Å². The first-order valence-electron chi connectivity index (χ1n) is 15.1. The van der Waals surface area contributed by atoms with Gasteiger partial charge in [0.2, 0.25) is 0 Å². The Morgan fingerprint density at radius 1 is 0.622 bits per heavy atom. The van der Waals surface area contributed by atoms with Crippen LogP contribution in [-0.4, -0.2) is 33.6 Å². The van der Waals surface area contributed by atoms with Crippen molar-refractivity contribution in [2.45, 2.75) is 40.8 Å². The lowest BCUT2D eigenvalue weighted by Gasteiger charge is -2.14. The largest absolute Gasteiger partial charge is 0.346 e. The second-order valence-electron chi connectivity index (χ2n) is 10.5. The monoisotopic (exact) mass is 592 g/mol. The van der Waals surface area contributed by atoms with Crippen LogP contribution in [0.4, 0.5) is 11.6 Å². The molecule has 0 amide bonds. The van der Waals surface area contributed by atoms with Gasteiger partial charge in [0.05, 0.1) is 0 Å². The van der Waals surface area contributed by atoms with Gasteiger partial charge < -0.3 is 15.3 Å². The molecule has 45 heavy (non-hydrogen) atoms. The van der Waals surface area contributed by atoms with Crippen LogP contribution < -0.4 is 16.3 Å². The molecule has 224 valence electrons. The van der Waals surface area contributed by atoms with Gasteiger partial charge in [0.15, 0.2) is 17.5 Å². The second kappa shape index (κ2) is 12.5. The minimum absolute atomic E-state index is 0.404. The summed E-state index contributed by atoms with van der Waals surface area (Å²) in [7, 11) is 0. The zero-order valence-corrected chi connectivity index (χ0v) is 26.2. The van der Waals surface area contributed by atoms with Crippen molar-refractivity contribution < 1.29 is 0 Å². The summed E-state index contributed by atoms with van der Waals surface area (Å²) in [6.07, 6.45) is 21.7. The Morgan fingerprint density at radius 3 is 1.89 bits per heavy atom. The average molecular weight is 593 g/mol. The van der Waals surface area contributed by atoms with E-state index in [-0.39, 0.29) is 0 Å². The molecule has 0 fully saturated rings. The molecule has 8 bridgehead atoms. The number of aliphatic imine (C=N–C) groups is 3. The van der Waals surface area contributed by atoms with E-state index in [1.165, 1.54) is 0 Å². The van der Waals surface area contributed by atoms with E-state index >= 15 is 0 Å². The summed E-state index contributed by atoms with van der Waals surface area (Å²) in [5.74, 6) is 3.24. The number of aromatic amines is 2. The molecule has 6 rings (SSSR count). The smallest absolute Gasteiger partial charge is 0.164 e. The van der Waals surface area contributed by atoms with Gasteiger partial charge in [-0.2, -0.15) is 0 Å². The van der Waals surface area contributed by atoms with Gasteiger partial charge >= 0.3 is 0 Å². The van der Waals surface area contributed by atoms with Crippen molar-refractivity contribution in [1.29, 1.82) is 0 Å². The van der Waals surface area contributed by atoms with E-state index in [4.69, 9.17) is 25.0 Å². The Bertz CT molecular complexity index is 2100. The zero-order chi connectivity index (χ0) is 31.5. The highest BCUT2D eigenvalue weighted by Crippen LogP contribution is 2.36. The van der Waals surface area contributed by atoms with Crippen molar-refractivity contribution in [2.24, 2.45) is 25.0 Å². The minimum atomic E-state index is -0.404. The number of amidine groups is 3. The molecule has 0 radical (unpaired) electrons. The van der Waals surface area contributed by atoms with E-state index in [0.29, 0.717) is 34.3 Å². The lowest BCUT2D eigenvalue weighted by atomic mass is 10.1. The third-order valence-corrected chi connectivity index (χ3v) is 7.63. The van der Waals surface area contributed by atoms with Gasteiger partial charge in [0.1, 0.15) is 28.8 Å². The summed E-state index contributed by atoms with van der Waals surface area (Å²) in [6, 6.07) is 8.04. The summed E-state index contributed by atoms with van der Waals surface area (Å²) in [5, 5.41) is 3.67. The molecule has 2 aromatic heterocycles. The predicted molar refractivity (Wildman–Crippen MR) is 189 cm³/mol. The molecule has 1 aromatic carbocycles. The van der Waals surface area contributed by atoms with Crippen LogP contribution in [0.1, 0.15) is 68.0 Å². The second-order valence-corrected chi connectivity index (χ2v) is 10.5. The van der Waals surface area contributed by atoms with Crippen LogP contribution in [0, 0.1) is 0 Å². The molecular formula is C37H36N8. The van der Waals surface area contributed by atoms with Crippen LogP contribution in [0.5, 0.6) is 0 Å². The molecule has 1 unspecified atom stereocenters. The Balaban J connectivity index is 1.75. The summed E-state index contributed by atoms with van der Waals surface area (Å²) in [5.41, 5.74) is 8.65. The molecule has 3 aliphatic rings. The highest BCUT2D eigenvalue weighted by Gasteiger charge is 2.28. The van der Waals surface area contributed by atoms with Gasteiger partial charge in [0.25, 0.3) is 0 Å². The van der Waals surface area contributed by atoms with E-state index in [1.807, 2.05) is 95.3 Å². The van der Waals surface area contributed by atoms with Gasteiger partial charge in [0, 0.05) is 44.5 Å². The number of hydrogen-bond donors (Lipinski definition) is 3. The fourth-order valence-corrected chi connectivity index (χ4v) is 5.77. The molecule has 1 atom stereocenters. The Hall–Kier alpha value is -5.63. The molecule has 5 heterocycles. The molecule has 3 N–H and O–H groups in total. The number of rotatable bonds is 6. The van der Waals surface area contributed by atoms with Crippen LogP contribution in [0.15, 0.2) is 109 Å². The van der Waals surface area contributed by atoms with Crippen LogP contribution in [0.3, 0.4) is 0 Å². The quantitative estimate of drug-likeness (QED) is 0.271. The summed E-state index contributed by atoms with van der Waals surface area (Å²) in [6.45, 7) is 14.1. The van der Waals surface area contributed by atoms with E-state index in [1.54, 1.807) is 6.08 Å². The molecule has 8 heteroatoms. The number of anilines is 1. The first kappa shape index (κ1) is 29.4. The van der Waals surface area contributed by atoms with E-state index in [9.17, 15) is 0 Å². The number of fused-ring (bicyclic) bond motifs is 9. The summed E-state index contributed by atoms with van der Waals surface area (Å²) < 4.78 is 0. The van der Waals surface area contributed by atoms with Crippen molar-refractivity contribution in [1.82, 2.24) is 9.97 Å². The number of aromatic nitrogens is 2. The molecule has 0 saturated heterocycles. The van der Waals surface area contributed by atoms with Gasteiger partial charge in [-0.1, -0.05) is 97.7 Å². The van der Waals surface area contributed by atoms with E-state index in [0.717, 1.165) is 50.3 Å². The van der Waals surface area contributed by atoms with Crippen LogP contribution in [-0.2, 0) is 0 Å². The Kier molecular flexibility index (Phi) is 8.20. The third kappa shape index (κ3) is 5.25. The van der Waals surface area contributed by atoms with Gasteiger partial charge in [-0.25, -0.2) is 25.0 Å². The highest BCUT2D eigenvalue weighted by atomic mass is 15.2. The van der Waals surface area contributed by atoms with E-state index in [2.05, 4.69) is 46.2 Å². The first-order valence-corrected chi connectivity index (χ1v) is 15.1. The Labute approximate surface area is 263 Å². The first-order chi connectivity index (χ1) is 22.0. The zero-order valence-electron chi connectivity index (χ0n) is 26.2. The number of H-pyrrole nitrogens is 2. The van der Waals surface area contributed by atoms with Gasteiger partial charge in [-0.3, -0.25) is 0 Å². The van der Waals surface area contributed by atoms with E-state index < -0.39 is 6.17 Å².